The molecule has 2 heterocycles. The van der Waals surface area contributed by atoms with Gasteiger partial charge < -0.3 is 24.4 Å². The summed E-state index contributed by atoms with van der Waals surface area (Å²) >= 11 is 6.44. The fourth-order valence-electron chi connectivity index (χ4n) is 4.52. The minimum absolute atomic E-state index is 0.00538. The second kappa shape index (κ2) is 8.70. The van der Waals surface area contributed by atoms with Gasteiger partial charge in [-0.2, -0.15) is 0 Å². The maximum absolute atomic E-state index is 12.7. The zero-order valence-corrected chi connectivity index (χ0v) is 18.3. The number of amides is 1. The van der Waals surface area contributed by atoms with Gasteiger partial charge in [0.15, 0.2) is 11.5 Å². The molecule has 2 fully saturated rings. The molecule has 0 unspecified atom stereocenters. The molecule has 4 rings (SSSR count). The highest BCUT2D eigenvalue weighted by Crippen LogP contribution is 2.45. The molecule has 1 atom stereocenters. The SMILES string of the molecule is Cc1c(C(=O)NCC2COC2)cc(Cl)c2c1O[C@@H](C1CCC(N(C)C)CC1)CO2. The summed E-state index contributed by atoms with van der Waals surface area (Å²) in [4.78, 5) is 15.0. The van der Waals surface area contributed by atoms with Crippen molar-refractivity contribution in [2.45, 2.75) is 44.8 Å². The number of nitrogens with zero attached hydrogens (tertiary/aromatic N) is 1. The first-order valence-corrected chi connectivity index (χ1v) is 11.0. The van der Waals surface area contributed by atoms with Crippen LogP contribution in [0.25, 0.3) is 0 Å². The van der Waals surface area contributed by atoms with E-state index in [1.807, 2.05) is 6.92 Å². The molecule has 1 aromatic carbocycles. The monoisotopic (exact) mass is 422 g/mol. The molecule has 1 N–H and O–H groups in total. The number of carbonyl (C=O) groups is 1. The van der Waals surface area contributed by atoms with Gasteiger partial charge in [0, 0.05) is 29.6 Å². The van der Waals surface area contributed by atoms with E-state index in [4.69, 9.17) is 25.8 Å². The van der Waals surface area contributed by atoms with E-state index in [-0.39, 0.29) is 12.0 Å². The van der Waals surface area contributed by atoms with Crippen molar-refractivity contribution in [2.24, 2.45) is 11.8 Å². The van der Waals surface area contributed by atoms with Crippen molar-refractivity contribution in [3.05, 3.63) is 22.2 Å². The van der Waals surface area contributed by atoms with Crippen LogP contribution in [0.2, 0.25) is 5.02 Å². The Kier molecular flexibility index (Phi) is 6.23. The third-order valence-electron chi connectivity index (χ3n) is 6.60. The summed E-state index contributed by atoms with van der Waals surface area (Å²) in [6.07, 6.45) is 4.62. The van der Waals surface area contributed by atoms with Crippen LogP contribution in [0, 0.1) is 18.8 Å². The third kappa shape index (κ3) is 4.35. The molecule has 0 radical (unpaired) electrons. The number of fused-ring (bicyclic) bond motifs is 1. The van der Waals surface area contributed by atoms with Crippen LogP contribution in [0.5, 0.6) is 11.5 Å². The average Bonchev–Trinajstić information content (AvgIpc) is 2.69. The normalized spacial score (nSPS) is 26.9. The predicted octanol–water partition coefficient (Wildman–Crippen LogP) is 3.28. The second-order valence-corrected chi connectivity index (χ2v) is 9.21. The van der Waals surface area contributed by atoms with Crippen LogP contribution in [0.3, 0.4) is 0 Å². The number of nitrogens with one attached hydrogen (secondary N) is 1. The molecular weight excluding hydrogens is 392 g/mol. The number of rotatable bonds is 5. The Balaban J connectivity index is 1.46. The van der Waals surface area contributed by atoms with E-state index in [0.29, 0.717) is 66.3 Å². The quantitative estimate of drug-likeness (QED) is 0.789. The minimum atomic E-state index is -0.128. The van der Waals surface area contributed by atoms with E-state index in [1.54, 1.807) is 6.07 Å². The van der Waals surface area contributed by atoms with Crippen LogP contribution >= 0.6 is 11.6 Å². The lowest BCUT2D eigenvalue weighted by molar-refractivity contribution is -0.0298. The fraction of sp³-hybridized carbons (Fsp3) is 0.682. The molecule has 160 valence electrons. The van der Waals surface area contributed by atoms with Gasteiger partial charge >= 0.3 is 0 Å². The molecule has 6 nitrogen and oxygen atoms in total. The van der Waals surface area contributed by atoms with Gasteiger partial charge in [-0.3, -0.25) is 4.79 Å². The number of halogens is 1. The van der Waals surface area contributed by atoms with Gasteiger partial charge in [-0.1, -0.05) is 11.6 Å². The third-order valence-corrected chi connectivity index (χ3v) is 6.88. The largest absolute Gasteiger partial charge is 0.484 e. The molecule has 0 spiro atoms. The van der Waals surface area contributed by atoms with Crippen LogP contribution in [0.15, 0.2) is 6.07 Å². The Hall–Kier alpha value is -1.50. The maximum Gasteiger partial charge on any atom is 0.251 e. The average molecular weight is 423 g/mol. The minimum Gasteiger partial charge on any atom is -0.484 e. The molecule has 3 aliphatic rings. The van der Waals surface area contributed by atoms with Gasteiger partial charge in [-0.25, -0.2) is 0 Å². The Morgan fingerprint density at radius 1 is 1.17 bits per heavy atom. The number of carbonyl (C=O) groups excluding carboxylic acids is 1. The lowest BCUT2D eigenvalue weighted by atomic mass is 9.82. The zero-order chi connectivity index (χ0) is 20.5. The molecule has 1 saturated carbocycles. The molecule has 0 bridgehead atoms. The van der Waals surface area contributed by atoms with Crippen molar-refractivity contribution in [1.29, 1.82) is 0 Å². The first kappa shape index (κ1) is 20.8. The summed E-state index contributed by atoms with van der Waals surface area (Å²) in [6, 6.07) is 2.34. The smallest absolute Gasteiger partial charge is 0.251 e. The second-order valence-electron chi connectivity index (χ2n) is 8.80. The first-order chi connectivity index (χ1) is 13.9. The van der Waals surface area contributed by atoms with E-state index < -0.39 is 0 Å². The number of hydrogen-bond acceptors (Lipinski definition) is 5. The van der Waals surface area contributed by atoms with Crippen molar-refractivity contribution < 1.29 is 19.0 Å². The van der Waals surface area contributed by atoms with Crippen LogP contribution in [0.1, 0.15) is 41.6 Å². The van der Waals surface area contributed by atoms with Crippen molar-refractivity contribution in [3.63, 3.8) is 0 Å². The summed E-state index contributed by atoms with van der Waals surface area (Å²) in [7, 11) is 4.30. The van der Waals surface area contributed by atoms with E-state index in [1.165, 1.54) is 12.8 Å². The fourth-order valence-corrected chi connectivity index (χ4v) is 4.77. The van der Waals surface area contributed by atoms with E-state index in [2.05, 4.69) is 24.3 Å². The molecule has 2 aliphatic heterocycles. The highest BCUT2D eigenvalue weighted by atomic mass is 35.5. The van der Waals surface area contributed by atoms with Crippen molar-refractivity contribution in [2.75, 3.05) is 40.5 Å². The number of ether oxygens (including phenoxy) is 3. The van der Waals surface area contributed by atoms with E-state index in [0.717, 1.165) is 18.4 Å². The molecule has 1 saturated heterocycles. The first-order valence-electron chi connectivity index (χ1n) is 10.6. The van der Waals surface area contributed by atoms with Gasteiger partial charge in [0.2, 0.25) is 0 Å². The van der Waals surface area contributed by atoms with Crippen molar-refractivity contribution in [3.8, 4) is 11.5 Å². The molecule has 7 heteroatoms. The van der Waals surface area contributed by atoms with Crippen molar-refractivity contribution in [1.82, 2.24) is 10.2 Å². The van der Waals surface area contributed by atoms with Crippen LogP contribution in [0.4, 0.5) is 0 Å². The van der Waals surface area contributed by atoms with Crippen LogP contribution in [-0.4, -0.2) is 63.4 Å². The molecule has 1 aromatic rings. The molecule has 1 amide bonds. The predicted molar refractivity (Wildman–Crippen MR) is 112 cm³/mol. The number of benzene rings is 1. The Bertz CT molecular complexity index is 758. The topological polar surface area (TPSA) is 60.0 Å². The summed E-state index contributed by atoms with van der Waals surface area (Å²) in [5.41, 5.74) is 1.34. The standard InChI is InChI=1S/C22H31ClN2O4/c1-13-17(22(26)24-9-14-10-27-11-14)8-18(23)21-20(13)29-19(12-28-21)15-4-6-16(7-5-15)25(2)3/h8,14-16,19H,4-7,9-12H2,1-3H3,(H,24,26)/t15?,16?,19-/m1/s1. The Labute approximate surface area is 177 Å². The van der Waals surface area contributed by atoms with E-state index >= 15 is 0 Å². The Morgan fingerprint density at radius 3 is 2.52 bits per heavy atom. The lowest BCUT2D eigenvalue weighted by Gasteiger charge is -2.38. The number of hydrogen-bond donors (Lipinski definition) is 1. The van der Waals surface area contributed by atoms with Gasteiger partial charge in [-0.05, 0) is 58.7 Å². The van der Waals surface area contributed by atoms with Gasteiger partial charge in [0.1, 0.15) is 12.7 Å². The van der Waals surface area contributed by atoms with Crippen LogP contribution in [-0.2, 0) is 4.74 Å². The van der Waals surface area contributed by atoms with E-state index in [9.17, 15) is 4.79 Å². The molecule has 0 aromatic heterocycles. The summed E-state index contributed by atoms with van der Waals surface area (Å²) in [6.45, 7) is 4.45. The van der Waals surface area contributed by atoms with Gasteiger partial charge in [0.05, 0.1) is 18.2 Å². The van der Waals surface area contributed by atoms with Crippen LogP contribution < -0.4 is 14.8 Å². The summed E-state index contributed by atoms with van der Waals surface area (Å²) in [5.74, 6) is 1.92. The Morgan fingerprint density at radius 2 is 1.90 bits per heavy atom. The highest BCUT2D eigenvalue weighted by molar-refractivity contribution is 6.32. The maximum atomic E-state index is 12.7. The molecule has 1 aliphatic carbocycles. The summed E-state index contributed by atoms with van der Waals surface area (Å²) < 4.78 is 17.6. The zero-order valence-electron chi connectivity index (χ0n) is 17.5. The lowest BCUT2D eigenvalue weighted by Crippen LogP contribution is -2.41. The molecular formula is C22H31ClN2O4. The summed E-state index contributed by atoms with van der Waals surface area (Å²) in [5, 5.41) is 3.42. The van der Waals surface area contributed by atoms with Crippen molar-refractivity contribution >= 4 is 17.5 Å². The molecule has 29 heavy (non-hydrogen) atoms. The highest BCUT2D eigenvalue weighted by Gasteiger charge is 2.35. The van der Waals surface area contributed by atoms with Gasteiger partial charge in [0.25, 0.3) is 5.91 Å². The van der Waals surface area contributed by atoms with Gasteiger partial charge in [-0.15, -0.1) is 0 Å².